The van der Waals surface area contributed by atoms with Crippen LogP contribution in [-0.4, -0.2) is 103 Å². The van der Waals surface area contributed by atoms with Crippen molar-refractivity contribution in [2.45, 2.75) is 199 Å². The molecule has 6 N–H and O–H groups in total. The van der Waals surface area contributed by atoms with Gasteiger partial charge >= 0.3 is 0 Å². The highest BCUT2D eigenvalue weighted by Gasteiger charge is 2.47. The fourth-order valence-corrected chi connectivity index (χ4v) is 11.9. The number of phosphoric acid groups is 3. The second kappa shape index (κ2) is 40.6. The Morgan fingerprint density at radius 1 is 0.759 bits per heavy atom. The number of thioether (sulfide) groups is 1. The highest BCUT2D eigenvalue weighted by atomic mass is 32.2. The molecule has 3 rings (SSSR count). The fraction of sp³-hybridized carbons (Fsp3) is 0.673. The van der Waals surface area contributed by atoms with Crippen LogP contribution in [0.5, 0.6) is 0 Å². The number of imidazole rings is 1. The topological polar surface area (TPSA) is 375 Å². The summed E-state index contributed by atoms with van der Waals surface area (Å²) in [4.78, 5) is 97.2. The smallest absolute Gasteiger partial charge is 0.274 e. The van der Waals surface area contributed by atoms with Gasteiger partial charge in [0, 0.05) is 30.7 Å². The van der Waals surface area contributed by atoms with E-state index in [9.17, 15) is 57.9 Å². The number of hydrogen-bond acceptors (Lipinski definition) is 22. The van der Waals surface area contributed by atoms with Gasteiger partial charge in [0.1, 0.15) is 36.3 Å². The van der Waals surface area contributed by atoms with Crippen molar-refractivity contribution >= 4 is 69.1 Å². The van der Waals surface area contributed by atoms with Crippen molar-refractivity contribution in [2.24, 2.45) is 5.41 Å². The highest BCUT2D eigenvalue weighted by Crippen LogP contribution is 2.56. The summed E-state index contributed by atoms with van der Waals surface area (Å²) < 4.78 is 61.0. The van der Waals surface area contributed by atoms with Gasteiger partial charge in [-0.05, 0) is 63.9 Å². The van der Waals surface area contributed by atoms with E-state index in [0.717, 1.165) is 67.5 Å². The summed E-state index contributed by atoms with van der Waals surface area (Å²) in [5, 5.41) is 26.4. The molecule has 0 spiro atoms. The molecule has 24 nitrogen and oxygen atoms in total. The Balaban J connectivity index is 1.16. The molecule has 2 unspecified atom stereocenters. The van der Waals surface area contributed by atoms with Crippen LogP contribution in [0.3, 0.4) is 0 Å². The number of nitrogens with zero attached hydrogens (tertiary/aromatic N) is 4. The van der Waals surface area contributed by atoms with E-state index in [1.54, 1.807) is 6.08 Å². The summed E-state index contributed by atoms with van der Waals surface area (Å²) in [5.41, 5.74) is 4.09. The van der Waals surface area contributed by atoms with Crippen LogP contribution in [0.2, 0.25) is 0 Å². The van der Waals surface area contributed by atoms with Crippen molar-refractivity contribution < 1.29 is 80.5 Å². The number of hydrogen-bond donors (Lipinski definition) is 5. The number of nitrogens with two attached hydrogens (primary N) is 1. The molecule has 0 aliphatic carbocycles. The molecule has 1 aliphatic heterocycles. The zero-order valence-corrected chi connectivity index (χ0v) is 51.7. The Labute approximate surface area is 493 Å². The molecule has 7 atom stereocenters. The largest absolute Gasteiger partial charge is 0.790 e. The van der Waals surface area contributed by atoms with Crippen LogP contribution in [0.4, 0.5) is 5.82 Å². The van der Waals surface area contributed by atoms with Crippen LogP contribution in [-0.2, 0) is 50.7 Å². The summed E-state index contributed by atoms with van der Waals surface area (Å²) in [6.45, 7) is 2.35. The monoisotopic (exact) mass is 1240 g/mol. The number of amides is 2. The van der Waals surface area contributed by atoms with Crippen molar-refractivity contribution in [1.82, 2.24) is 30.2 Å². The zero-order valence-electron chi connectivity index (χ0n) is 48.2. The van der Waals surface area contributed by atoms with E-state index in [1.807, 2.05) is 6.08 Å². The number of aliphatic hydroxyl groups excluding tert-OH is 2. The first kappa shape index (κ1) is 73.5. The van der Waals surface area contributed by atoms with E-state index in [-0.39, 0.29) is 41.6 Å². The quantitative estimate of drug-likeness (QED) is 0.0185. The van der Waals surface area contributed by atoms with Gasteiger partial charge in [0.25, 0.3) is 15.6 Å². The third-order valence-electron chi connectivity index (χ3n) is 13.2. The second-order valence-electron chi connectivity index (χ2n) is 20.8. The summed E-state index contributed by atoms with van der Waals surface area (Å²) in [5.74, 6) is -1.21. The Morgan fingerprint density at radius 2 is 1.29 bits per heavy atom. The molecule has 2 aromatic rings. The second-order valence-corrected chi connectivity index (χ2v) is 26.0. The third kappa shape index (κ3) is 32.0. The van der Waals surface area contributed by atoms with E-state index < -0.39 is 84.6 Å². The Morgan fingerprint density at radius 3 is 1.86 bits per heavy atom. The Kier molecular flexibility index (Phi) is 36.0. The summed E-state index contributed by atoms with van der Waals surface area (Å²) in [7, 11) is -17.6. The maximum Gasteiger partial charge on any atom is 0.274 e. The van der Waals surface area contributed by atoms with Crippen LogP contribution in [0.1, 0.15) is 175 Å². The number of allylic oxidation sites excluding steroid dienone is 9. The lowest BCUT2D eigenvalue weighted by atomic mass is 9.87. The maximum atomic E-state index is 12.7. The number of unbranched alkanes of at least 4 members (excludes halogenated alkanes) is 17. The van der Waals surface area contributed by atoms with Crippen molar-refractivity contribution in [3.63, 3.8) is 0 Å². The predicted molar refractivity (Wildman–Crippen MR) is 311 cm³/mol. The maximum absolute atomic E-state index is 12.7. The Hall–Kier alpha value is -3.74. The summed E-state index contributed by atoms with van der Waals surface area (Å²) in [6.07, 6.45) is 40.4. The van der Waals surface area contributed by atoms with E-state index in [1.165, 1.54) is 117 Å². The van der Waals surface area contributed by atoms with Crippen LogP contribution in [0.15, 0.2) is 73.4 Å². The molecule has 470 valence electrons. The van der Waals surface area contributed by atoms with E-state index in [2.05, 4.69) is 99.0 Å². The molecule has 83 heavy (non-hydrogen) atoms. The first-order valence-electron chi connectivity index (χ1n) is 28.8. The van der Waals surface area contributed by atoms with E-state index >= 15 is 0 Å². The van der Waals surface area contributed by atoms with Gasteiger partial charge in [-0.25, -0.2) is 19.3 Å². The third-order valence-corrected chi connectivity index (χ3v) is 17.0. The molecule has 0 aromatic carbocycles. The van der Waals surface area contributed by atoms with Gasteiger partial charge in [-0.3, -0.25) is 28.1 Å². The number of aliphatic hydroxyl groups is 2. The van der Waals surface area contributed by atoms with Crippen LogP contribution in [0, 0.1) is 5.41 Å². The van der Waals surface area contributed by atoms with Crippen molar-refractivity contribution in [1.29, 1.82) is 0 Å². The molecule has 1 fully saturated rings. The van der Waals surface area contributed by atoms with E-state index in [0.29, 0.717) is 5.75 Å². The highest BCUT2D eigenvalue weighted by molar-refractivity contribution is 8.14. The van der Waals surface area contributed by atoms with Crippen LogP contribution in [0.25, 0.3) is 11.2 Å². The lowest BCUT2D eigenvalue weighted by Crippen LogP contribution is -2.46. The van der Waals surface area contributed by atoms with Gasteiger partial charge in [-0.2, -0.15) is 0 Å². The van der Waals surface area contributed by atoms with Gasteiger partial charge in [-0.1, -0.05) is 171 Å². The molecule has 0 bridgehead atoms. The number of phosphoric ester groups is 3. The Bertz CT molecular complexity index is 2530. The van der Waals surface area contributed by atoms with Crippen LogP contribution < -0.4 is 35.9 Å². The van der Waals surface area contributed by atoms with Gasteiger partial charge < -0.3 is 69.0 Å². The summed E-state index contributed by atoms with van der Waals surface area (Å²) in [6, 6.07) is 0. The molecule has 3 heterocycles. The molecular weight excluding hydrogens is 1160 g/mol. The zero-order chi connectivity index (χ0) is 61.0. The molecule has 0 saturated carbocycles. The molecular formula is C55H88N7O17P3S-4. The van der Waals surface area contributed by atoms with Crippen molar-refractivity contribution in [2.75, 3.05) is 37.8 Å². The minimum absolute atomic E-state index is 0.0200. The number of rotatable bonds is 46. The molecule has 1 saturated heterocycles. The predicted octanol–water partition coefficient (Wildman–Crippen LogP) is 7.52. The molecule has 2 aromatic heterocycles. The minimum atomic E-state index is -5.93. The standard InChI is InChI=1S/C55H92N7O17P3S/c1-4-5-6-7-8-9-10-11-12-13-14-15-16-17-18-19-20-21-22-23-24-25-26-27-28-29-30-31-32-33-34-35-46(64)83-39-38-57-45(63)36-37-58-53(67)50(66)55(2,3)41-76-82(73,74)79-81(71,72)75-40-44-49(78-80(68,69)70)48(65)54(77-44)62-43-61-47-51(56)59-42-60-52(47)62/h8-9,11-12,14-15,17-18,34-35,42-44,48-50,54,65-66H,4-7,10,13,16,19-33,36-41H2,1-3H3,(H,57,63)(H,58,67)(H,71,72)(H,73,74)(H2,56,59,60)(H2,68,69,70)/p-4/b9-8-,12-11-,15-14-,18-17-,35-34+/t44-,48-,49-,50+,54-/m1/s1. The van der Waals surface area contributed by atoms with Crippen LogP contribution >= 0.6 is 35.2 Å². The molecule has 2 amide bonds. The molecule has 0 radical (unpaired) electrons. The number of nitrogen functional groups attached to an aromatic ring is 1. The molecule has 1 aliphatic rings. The SMILES string of the molecule is CCCCC/C=C\C/C=C\C/C=C\C/C=C\CCCCCCCCCCCCCCC/C=C/C(=O)SCCNC(=O)CCNC(=O)[C@H](O)C(C)(C)COP(=O)([O-])OP(=O)([O-])OC[C@H]1O[C@@H](n2cnc3c(N)ncnc32)[C@H](O)[C@@H]1OP(=O)([O-])[O-]. The first-order chi connectivity index (χ1) is 39.6. The van der Waals surface area contributed by atoms with E-state index in [4.69, 9.17) is 10.5 Å². The van der Waals surface area contributed by atoms with Gasteiger partial charge in [0.15, 0.2) is 17.7 Å². The number of aromatic nitrogens is 4. The fourth-order valence-electron chi connectivity index (χ4n) is 8.52. The minimum Gasteiger partial charge on any atom is -0.790 e. The van der Waals surface area contributed by atoms with Gasteiger partial charge in [0.05, 0.1) is 27.4 Å². The van der Waals surface area contributed by atoms with Gasteiger partial charge in [-0.15, -0.1) is 0 Å². The number of carbonyl (C=O) groups is 3. The average Bonchev–Trinajstić information content (AvgIpc) is 2.22. The number of nitrogens with one attached hydrogen (secondary N) is 2. The normalized spacial score (nSPS) is 19.0. The molecule has 28 heteroatoms. The van der Waals surface area contributed by atoms with Crippen molar-refractivity contribution in [3.8, 4) is 0 Å². The van der Waals surface area contributed by atoms with Gasteiger partial charge in [0.2, 0.25) is 16.9 Å². The summed E-state index contributed by atoms with van der Waals surface area (Å²) >= 11 is 1.06. The first-order valence-corrected chi connectivity index (χ1v) is 34.2. The lowest BCUT2D eigenvalue weighted by Gasteiger charge is -2.36. The average molecular weight is 1240 g/mol. The number of anilines is 1. The number of fused-ring (bicyclic) bond motifs is 1. The van der Waals surface area contributed by atoms with Crippen molar-refractivity contribution in [3.05, 3.63) is 73.4 Å². The number of carbonyl (C=O) groups excluding carboxylic acids is 3. The lowest BCUT2D eigenvalue weighted by molar-refractivity contribution is -0.347. The number of ether oxygens (including phenoxy) is 1.